The van der Waals surface area contributed by atoms with E-state index >= 15 is 0 Å². The van der Waals surface area contributed by atoms with Gasteiger partial charge in [0.2, 0.25) is 15.1 Å². The minimum absolute atomic E-state index is 0.132. The SMILES string of the molecule is CN(C)S(=O)(=O)c1ccc(C(=O)NC2CCCN(S(C)(=O)=O)C2)o1. The number of amides is 1. The monoisotopic (exact) mass is 379 g/mol. The number of nitrogens with zero attached hydrogens (tertiary/aromatic N) is 2. The molecule has 1 unspecified atom stereocenters. The molecule has 2 heterocycles. The molecule has 1 aromatic rings. The Bertz CT molecular complexity index is 813. The van der Waals surface area contributed by atoms with Gasteiger partial charge in [0.15, 0.2) is 5.76 Å². The fraction of sp³-hybridized carbons (Fsp3) is 0.615. The van der Waals surface area contributed by atoms with Gasteiger partial charge in [0.25, 0.3) is 15.9 Å². The zero-order valence-corrected chi connectivity index (χ0v) is 15.4. The van der Waals surface area contributed by atoms with E-state index in [9.17, 15) is 21.6 Å². The van der Waals surface area contributed by atoms with E-state index in [0.29, 0.717) is 19.4 Å². The van der Waals surface area contributed by atoms with E-state index in [1.165, 1.54) is 30.5 Å². The predicted molar refractivity (Wildman–Crippen MR) is 86.5 cm³/mol. The maximum atomic E-state index is 12.2. The van der Waals surface area contributed by atoms with Crippen LogP contribution in [0.15, 0.2) is 21.6 Å². The van der Waals surface area contributed by atoms with Crippen molar-refractivity contribution in [2.45, 2.75) is 24.0 Å². The van der Waals surface area contributed by atoms with E-state index < -0.39 is 26.0 Å². The van der Waals surface area contributed by atoms with Crippen LogP contribution in [-0.2, 0) is 20.0 Å². The van der Waals surface area contributed by atoms with Crippen LogP contribution in [0.4, 0.5) is 0 Å². The highest BCUT2D eigenvalue weighted by Gasteiger charge is 2.28. The average Bonchev–Trinajstić information content (AvgIpc) is 2.97. The number of hydrogen-bond acceptors (Lipinski definition) is 6. The lowest BCUT2D eigenvalue weighted by Crippen LogP contribution is -2.49. The van der Waals surface area contributed by atoms with Crippen molar-refractivity contribution in [3.63, 3.8) is 0 Å². The zero-order valence-electron chi connectivity index (χ0n) is 13.7. The number of furan rings is 1. The highest BCUT2D eigenvalue weighted by atomic mass is 32.2. The van der Waals surface area contributed by atoms with Crippen molar-refractivity contribution >= 4 is 26.0 Å². The van der Waals surface area contributed by atoms with Gasteiger partial charge in [-0.05, 0) is 25.0 Å². The van der Waals surface area contributed by atoms with Crippen LogP contribution in [0.2, 0.25) is 0 Å². The van der Waals surface area contributed by atoms with E-state index in [4.69, 9.17) is 4.42 Å². The fourth-order valence-electron chi connectivity index (χ4n) is 2.38. The van der Waals surface area contributed by atoms with Crippen LogP contribution in [0, 0.1) is 0 Å². The number of nitrogens with one attached hydrogen (secondary N) is 1. The summed E-state index contributed by atoms with van der Waals surface area (Å²) >= 11 is 0. The van der Waals surface area contributed by atoms with Gasteiger partial charge in [-0.1, -0.05) is 0 Å². The Balaban J connectivity index is 2.07. The van der Waals surface area contributed by atoms with Crippen molar-refractivity contribution in [2.24, 2.45) is 0 Å². The molecule has 1 amide bonds. The Labute approximate surface area is 141 Å². The molecule has 136 valence electrons. The van der Waals surface area contributed by atoms with Gasteiger partial charge < -0.3 is 9.73 Å². The third kappa shape index (κ3) is 4.15. The summed E-state index contributed by atoms with van der Waals surface area (Å²) in [5, 5.41) is 2.36. The number of rotatable bonds is 5. The lowest BCUT2D eigenvalue weighted by molar-refractivity contribution is 0.0888. The molecule has 1 N–H and O–H groups in total. The molecule has 1 aliphatic heterocycles. The van der Waals surface area contributed by atoms with Gasteiger partial charge in [-0.25, -0.2) is 25.4 Å². The molecule has 1 aromatic heterocycles. The Kier molecular flexibility index (Phi) is 5.37. The summed E-state index contributed by atoms with van der Waals surface area (Å²) in [6, 6.07) is 2.15. The lowest BCUT2D eigenvalue weighted by Gasteiger charge is -2.31. The predicted octanol–water partition coefficient (Wildman–Crippen LogP) is -0.316. The number of piperidine rings is 1. The van der Waals surface area contributed by atoms with Crippen molar-refractivity contribution in [1.29, 1.82) is 0 Å². The van der Waals surface area contributed by atoms with E-state index in [-0.39, 0.29) is 23.4 Å². The van der Waals surface area contributed by atoms with Gasteiger partial charge in [0, 0.05) is 33.2 Å². The highest BCUT2D eigenvalue weighted by Crippen LogP contribution is 2.18. The molecule has 0 spiro atoms. The molecule has 0 saturated carbocycles. The molecule has 0 radical (unpaired) electrons. The molecule has 1 fully saturated rings. The number of carbonyl (C=O) groups excluding carboxylic acids is 1. The molecule has 9 nitrogen and oxygen atoms in total. The van der Waals surface area contributed by atoms with Gasteiger partial charge in [0.05, 0.1) is 6.26 Å². The summed E-state index contributed by atoms with van der Waals surface area (Å²) in [6.07, 6.45) is 2.40. The van der Waals surface area contributed by atoms with Crippen molar-refractivity contribution < 1.29 is 26.0 Å². The minimum Gasteiger partial charge on any atom is -0.438 e. The average molecular weight is 379 g/mol. The minimum atomic E-state index is -3.75. The first-order chi connectivity index (χ1) is 11.0. The van der Waals surface area contributed by atoms with Gasteiger partial charge in [-0.3, -0.25) is 4.79 Å². The van der Waals surface area contributed by atoms with E-state index in [1.807, 2.05) is 0 Å². The van der Waals surface area contributed by atoms with E-state index in [1.54, 1.807) is 0 Å². The second-order valence-corrected chi connectivity index (χ2v) is 9.90. The van der Waals surface area contributed by atoms with E-state index in [0.717, 1.165) is 10.6 Å². The summed E-state index contributed by atoms with van der Waals surface area (Å²) in [5.74, 6) is -0.706. The van der Waals surface area contributed by atoms with Crippen LogP contribution in [0.3, 0.4) is 0 Å². The Morgan fingerprint density at radius 3 is 2.54 bits per heavy atom. The van der Waals surface area contributed by atoms with Crippen LogP contribution >= 0.6 is 0 Å². The maximum absolute atomic E-state index is 12.2. The summed E-state index contributed by atoms with van der Waals surface area (Å²) in [7, 11) is -4.34. The number of sulfonamides is 2. The first-order valence-electron chi connectivity index (χ1n) is 7.30. The molecule has 0 aliphatic carbocycles. The summed E-state index contributed by atoms with van der Waals surface area (Å²) in [6.45, 7) is 0.616. The van der Waals surface area contributed by atoms with Crippen LogP contribution in [-0.4, -0.2) is 70.8 Å². The summed E-state index contributed by atoms with van der Waals surface area (Å²) in [4.78, 5) is 12.2. The van der Waals surface area contributed by atoms with Crippen LogP contribution in [0.1, 0.15) is 23.4 Å². The second-order valence-electron chi connectivity index (χ2n) is 5.84. The molecule has 11 heteroatoms. The molecule has 0 bridgehead atoms. The zero-order chi connectivity index (χ0) is 18.1. The molecular formula is C13H21N3O6S2. The van der Waals surface area contributed by atoms with Gasteiger partial charge in [-0.15, -0.1) is 0 Å². The van der Waals surface area contributed by atoms with Crippen molar-refractivity contribution in [2.75, 3.05) is 33.4 Å². The fourth-order valence-corrected chi connectivity index (χ4v) is 4.09. The third-order valence-corrected chi connectivity index (χ3v) is 6.69. The molecule has 2 rings (SSSR count). The first-order valence-corrected chi connectivity index (χ1v) is 10.6. The Morgan fingerprint density at radius 2 is 1.96 bits per heavy atom. The topological polar surface area (TPSA) is 117 Å². The Morgan fingerprint density at radius 1 is 1.29 bits per heavy atom. The largest absolute Gasteiger partial charge is 0.438 e. The van der Waals surface area contributed by atoms with Crippen molar-refractivity contribution in [3.8, 4) is 0 Å². The number of hydrogen-bond donors (Lipinski definition) is 1. The van der Waals surface area contributed by atoms with Gasteiger partial charge in [0.1, 0.15) is 0 Å². The lowest BCUT2D eigenvalue weighted by atomic mass is 10.1. The molecule has 1 atom stereocenters. The highest BCUT2D eigenvalue weighted by molar-refractivity contribution is 7.89. The van der Waals surface area contributed by atoms with Crippen LogP contribution < -0.4 is 5.32 Å². The molecular weight excluding hydrogens is 358 g/mol. The van der Waals surface area contributed by atoms with Gasteiger partial charge in [-0.2, -0.15) is 0 Å². The van der Waals surface area contributed by atoms with Crippen LogP contribution in [0.25, 0.3) is 0 Å². The molecule has 24 heavy (non-hydrogen) atoms. The van der Waals surface area contributed by atoms with Gasteiger partial charge >= 0.3 is 0 Å². The first kappa shape index (κ1) is 18.9. The molecule has 1 saturated heterocycles. The number of carbonyl (C=O) groups is 1. The smallest absolute Gasteiger partial charge is 0.287 e. The summed E-state index contributed by atoms with van der Waals surface area (Å²) < 4.78 is 54.5. The van der Waals surface area contributed by atoms with Crippen molar-refractivity contribution in [3.05, 3.63) is 17.9 Å². The standard InChI is InChI=1S/C13H21N3O6S2/c1-15(2)24(20,21)12-7-6-11(22-12)13(17)14-10-5-4-8-16(9-10)23(3,18)19/h6-7,10H,4-5,8-9H2,1-3H3,(H,14,17). The third-order valence-electron chi connectivity index (χ3n) is 3.73. The van der Waals surface area contributed by atoms with Crippen LogP contribution in [0.5, 0.6) is 0 Å². The summed E-state index contributed by atoms with van der Waals surface area (Å²) in [5.41, 5.74) is 0. The molecule has 1 aliphatic rings. The molecule has 0 aromatic carbocycles. The van der Waals surface area contributed by atoms with Crippen molar-refractivity contribution in [1.82, 2.24) is 13.9 Å². The quantitative estimate of drug-likeness (QED) is 0.750. The second kappa shape index (κ2) is 6.82. The normalized spacial score (nSPS) is 20.2. The Hall–Kier alpha value is -1.43. The maximum Gasteiger partial charge on any atom is 0.287 e. The van der Waals surface area contributed by atoms with E-state index in [2.05, 4.69) is 5.32 Å².